The fourth-order valence-corrected chi connectivity index (χ4v) is 3.10. The summed E-state index contributed by atoms with van der Waals surface area (Å²) in [6, 6.07) is 14.7. The highest BCUT2D eigenvalue weighted by atomic mass is 32.1. The number of thiazole rings is 1. The van der Waals surface area contributed by atoms with Crippen molar-refractivity contribution in [3.05, 3.63) is 70.0 Å². The SMILES string of the molecule is O=C(Nc1nc(-c2ccccc2)co1)c1ccc2[nH]c(=O)sc2c1. The van der Waals surface area contributed by atoms with Crippen LogP contribution >= 0.6 is 11.3 Å². The van der Waals surface area contributed by atoms with Crippen LogP contribution in [0.1, 0.15) is 10.4 Å². The zero-order valence-electron chi connectivity index (χ0n) is 12.3. The lowest BCUT2D eigenvalue weighted by Gasteiger charge is -2.00. The molecule has 7 heteroatoms. The number of aromatic nitrogens is 2. The van der Waals surface area contributed by atoms with E-state index in [0.717, 1.165) is 21.6 Å². The molecule has 0 saturated carbocycles. The number of rotatable bonds is 3. The number of nitrogens with one attached hydrogen (secondary N) is 2. The third kappa shape index (κ3) is 2.72. The summed E-state index contributed by atoms with van der Waals surface area (Å²) < 4.78 is 6.03. The first-order chi connectivity index (χ1) is 11.7. The number of oxazole rings is 1. The lowest BCUT2D eigenvalue weighted by molar-refractivity contribution is 0.102. The van der Waals surface area contributed by atoms with Crippen LogP contribution in [-0.2, 0) is 0 Å². The summed E-state index contributed by atoms with van der Waals surface area (Å²) in [5.74, 6) is -0.348. The molecule has 2 aromatic carbocycles. The molecule has 0 fully saturated rings. The fraction of sp³-hybridized carbons (Fsp3) is 0. The maximum Gasteiger partial charge on any atom is 0.305 e. The van der Waals surface area contributed by atoms with E-state index in [0.29, 0.717) is 16.8 Å². The van der Waals surface area contributed by atoms with Crippen LogP contribution in [0.2, 0.25) is 0 Å². The topological polar surface area (TPSA) is 88.0 Å². The molecule has 24 heavy (non-hydrogen) atoms. The molecule has 0 aliphatic carbocycles. The van der Waals surface area contributed by atoms with Crippen molar-refractivity contribution in [2.75, 3.05) is 5.32 Å². The molecule has 0 aliphatic heterocycles. The molecule has 0 bridgehead atoms. The highest BCUT2D eigenvalue weighted by Crippen LogP contribution is 2.21. The molecule has 6 nitrogen and oxygen atoms in total. The Kier molecular flexibility index (Phi) is 3.47. The number of anilines is 1. The van der Waals surface area contributed by atoms with Gasteiger partial charge in [-0.1, -0.05) is 41.7 Å². The van der Waals surface area contributed by atoms with Crippen molar-refractivity contribution in [2.24, 2.45) is 0 Å². The predicted molar refractivity (Wildman–Crippen MR) is 92.3 cm³/mol. The van der Waals surface area contributed by atoms with Gasteiger partial charge in [-0.25, -0.2) is 0 Å². The Morgan fingerprint density at radius 3 is 2.83 bits per heavy atom. The summed E-state index contributed by atoms with van der Waals surface area (Å²) >= 11 is 1.06. The third-order valence-electron chi connectivity index (χ3n) is 3.48. The maximum atomic E-state index is 12.3. The van der Waals surface area contributed by atoms with Crippen LogP contribution < -0.4 is 10.2 Å². The first-order valence-corrected chi connectivity index (χ1v) is 7.96. The van der Waals surface area contributed by atoms with Crippen LogP contribution in [0, 0.1) is 0 Å². The molecule has 4 aromatic rings. The molecule has 0 radical (unpaired) electrons. The van der Waals surface area contributed by atoms with Gasteiger partial charge in [-0.2, -0.15) is 4.98 Å². The van der Waals surface area contributed by atoms with Crippen molar-refractivity contribution in [1.82, 2.24) is 9.97 Å². The summed E-state index contributed by atoms with van der Waals surface area (Å²) in [6.45, 7) is 0. The van der Waals surface area contributed by atoms with E-state index in [1.54, 1.807) is 18.2 Å². The van der Waals surface area contributed by atoms with Gasteiger partial charge < -0.3 is 9.40 Å². The van der Waals surface area contributed by atoms with Crippen molar-refractivity contribution >= 4 is 33.5 Å². The minimum Gasteiger partial charge on any atom is -0.431 e. The fourth-order valence-electron chi connectivity index (χ4n) is 2.33. The van der Waals surface area contributed by atoms with E-state index in [1.165, 1.54) is 6.26 Å². The molecule has 2 aromatic heterocycles. The number of carbonyl (C=O) groups is 1. The van der Waals surface area contributed by atoms with Crippen molar-refractivity contribution in [1.29, 1.82) is 0 Å². The van der Waals surface area contributed by atoms with E-state index >= 15 is 0 Å². The minimum absolute atomic E-state index is 0.126. The monoisotopic (exact) mass is 337 g/mol. The summed E-state index contributed by atoms with van der Waals surface area (Å²) in [5.41, 5.74) is 2.69. The number of benzene rings is 2. The average molecular weight is 337 g/mol. The largest absolute Gasteiger partial charge is 0.431 e. The first-order valence-electron chi connectivity index (χ1n) is 7.14. The molecule has 0 saturated heterocycles. The molecule has 118 valence electrons. The molecule has 0 aliphatic rings. The lowest BCUT2D eigenvalue weighted by Crippen LogP contribution is -2.11. The molecular formula is C17H11N3O3S. The molecular weight excluding hydrogens is 326 g/mol. The summed E-state index contributed by atoms with van der Waals surface area (Å²) in [5, 5.41) is 2.62. The van der Waals surface area contributed by atoms with Gasteiger partial charge in [0, 0.05) is 11.1 Å². The van der Waals surface area contributed by atoms with E-state index in [4.69, 9.17) is 4.42 Å². The van der Waals surface area contributed by atoms with E-state index in [-0.39, 0.29) is 16.8 Å². The quantitative estimate of drug-likeness (QED) is 0.599. The van der Waals surface area contributed by atoms with Crippen LogP contribution in [0.25, 0.3) is 21.5 Å². The van der Waals surface area contributed by atoms with Crippen molar-refractivity contribution in [3.8, 4) is 11.3 Å². The van der Waals surface area contributed by atoms with Gasteiger partial charge in [0.2, 0.25) is 0 Å². The van der Waals surface area contributed by atoms with Crippen LogP contribution in [0.3, 0.4) is 0 Å². The molecule has 0 spiro atoms. The Labute approximate surface area is 139 Å². The second-order valence-corrected chi connectivity index (χ2v) is 6.10. The number of H-pyrrole nitrogens is 1. The van der Waals surface area contributed by atoms with Crippen molar-refractivity contribution in [3.63, 3.8) is 0 Å². The maximum absolute atomic E-state index is 12.3. The Morgan fingerprint density at radius 2 is 2.00 bits per heavy atom. The minimum atomic E-state index is -0.348. The zero-order valence-corrected chi connectivity index (χ0v) is 13.1. The number of hydrogen-bond acceptors (Lipinski definition) is 5. The van der Waals surface area contributed by atoms with Crippen molar-refractivity contribution < 1.29 is 9.21 Å². The summed E-state index contributed by atoms with van der Waals surface area (Å²) in [6.07, 6.45) is 1.49. The van der Waals surface area contributed by atoms with E-state index in [9.17, 15) is 9.59 Å². The average Bonchev–Trinajstić information content (AvgIpc) is 3.20. The van der Waals surface area contributed by atoms with Gasteiger partial charge in [0.05, 0.1) is 10.2 Å². The van der Waals surface area contributed by atoms with Gasteiger partial charge in [-0.05, 0) is 18.2 Å². The second kappa shape index (κ2) is 5.78. The second-order valence-electron chi connectivity index (χ2n) is 5.08. The van der Waals surface area contributed by atoms with Crippen LogP contribution in [-0.4, -0.2) is 15.9 Å². The number of nitrogens with zero attached hydrogens (tertiary/aromatic N) is 1. The molecule has 0 atom stereocenters. The Balaban J connectivity index is 1.57. The molecule has 0 unspecified atom stereocenters. The Hall–Kier alpha value is -3.19. The normalized spacial score (nSPS) is 10.8. The van der Waals surface area contributed by atoms with E-state index in [1.807, 2.05) is 30.3 Å². The summed E-state index contributed by atoms with van der Waals surface area (Å²) in [7, 11) is 0. The standard InChI is InChI=1S/C17H11N3O3S/c21-15(11-6-7-12-14(8-11)24-17(22)19-12)20-16-18-13(9-23-16)10-4-2-1-3-5-10/h1-9H,(H,19,22)(H,18,20,21). The molecule has 4 rings (SSSR count). The van der Waals surface area contributed by atoms with Crippen LogP contribution in [0.5, 0.6) is 0 Å². The number of carbonyl (C=O) groups excluding carboxylic acids is 1. The van der Waals surface area contributed by atoms with Gasteiger partial charge in [-0.3, -0.25) is 14.9 Å². The molecule has 2 heterocycles. The van der Waals surface area contributed by atoms with Gasteiger partial charge in [0.15, 0.2) is 0 Å². The lowest BCUT2D eigenvalue weighted by atomic mass is 10.2. The smallest absolute Gasteiger partial charge is 0.305 e. The van der Waals surface area contributed by atoms with E-state index < -0.39 is 0 Å². The van der Waals surface area contributed by atoms with E-state index in [2.05, 4.69) is 15.3 Å². The first kappa shape index (κ1) is 14.4. The third-order valence-corrected chi connectivity index (χ3v) is 4.32. The number of aromatic amines is 1. The van der Waals surface area contributed by atoms with Gasteiger partial charge in [0.25, 0.3) is 5.91 Å². The number of fused-ring (bicyclic) bond motifs is 1. The molecule has 2 N–H and O–H groups in total. The zero-order chi connectivity index (χ0) is 16.5. The number of hydrogen-bond donors (Lipinski definition) is 2. The van der Waals surface area contributed by atoms with Crippen molar-refractivity contribution in [2.45, 2.75) is 0 Å². The van der Waals surface area contributed by atoms with Gasteiger partial charge >= 0.3 is 10.9 Å². The molecule has 1 amide bonds. The Morgan fingerprint density at radius 1 is 1.17 bits per heavy atom. The van der Waals surface area contributed by atoms with Crippen LogP contribution in [0.4, 0.5) is 6.01 Å². The Bertz CT molecular complexity index is 1080. The van der Waals surface area contributed by atoms with Crippen LogP contribution in [0.15, 0.2) is 64.0 Å². The summed E-state index contributed by atoms with van der Waals surface area (Å²) in [4.78, 5) is 30.5. The predicted octanol–water partition coefficient (Wildman–Crippen LogP) is 3.50. The highest BCUT2D eigenvalue weighted by Gasteiger charge is 2.12. The van der Waals surface area contributed by atoms with Gasteiger partial charge in [0.1, 0.15) is 12.0 Å². The number of amides is 1. The highest BCUT2D eigenvalue weighted by molar-refractivity contribution is 7.16. The van der Waals surface area contributed by atoms with Gasteiger partial charge in [-0.15, -0.1) is 0 Å².